The molecule has 0 saturated heterocycles. The molecule has 0 unspecified atom stereocenters. The van der Waals surface area contributed by atoms with Crippen molar-refractivity contribution in [2.75, 3.05) is 12.4 Å². The van der Waals surface area contributed by atoms with E-state index in [9.17, 15) is 13.6 Å². The standard InChI is InChI=1S/C16H14F2N2O/c1-19-15-13(17)6-12(7-14(15)18)16(21)20-8-10-4-2-3-5-11(10)9-20/h2-7,19H,8-9H2,1H3. The van der Waals surface area contributed by atoms with Crippen molar-refractivity contribution in [1.82, 2.24) is 4.90 Å². The van der Waals surface area contributed by atoms with Gasteiger partial charge in [0.2, 0.25) is 0 Å². The molecule has 3 nitrogen and oxygen atoms in total. The zero-order valence-corrected chi connectivity index (χ0v) is 11.5. The molecule has 0 atom stereocenters. The molecule has 1 aliphatic rings. The van der Waals surface area contributed by atoms with Crippen LogP contribution in [0.5, 0.6) is 0 Å². The summed E-state index contributed by atoms with van der Waals surface area (Å²) in [6.07, 6.45) is 0. The van der Waals surface area contributed by atoms with Gasteiger partial charge in [-0.3, -0.25) is 4.79 Å². The van der Waals surface area contributed by atoms with E-state index in [4.69, 9.17) is 0 Å². The predicted octanol–water partition coefficient (Wildman–Crippen LogP) is 3.16. The number of hydrogen-bond acceptors (Lipinski definition) is 2. The van der Waals surface area contributed by atoms with Gasteiger partial charge >= 0.3 is 0 Å². The SMILES string of the molecule is CNc1c(F)cc(C(=O)N2Cc3ccccc3C2)cc1F. The Balaban J connectivity index is 1.88. The quantitative estimate of drug-likeness (QED) is 0.920. The predicted molar refractivity (Wildman–Crippen MR) is 75.9 cm³/mol. The minimum absolute atomic E-state index is 0.0248. The number of carbonyl (C=O) groups excluding carboxylic acids is 1. The van der Waals surface area contributed by atoms with E-state index in [1.165, 1.54) is 7.05 Å². The minimum Gasteiger partial charge on any atom is -0.383 e. The monoisotopic (exact) mass is 288 g/mol. The van der Waals surface area contributed by atoms with Crippen molar-refractivity contribution in [3.63, 3.8) is 0 Å². The van der Waals surface area contributed by atoms with Crippen molar-refractivity contribution in [3.8, 4) is 0 Å². The van der Waals surface area contributed by atoms with Gasteiger partial charge in [-0.1, -0.05) is 24.3 Å². The van der Waals surface area contributed by atoms with Crippen molar-refractivity contribution >= 4 is 11.6 Å². The van der Waals surface area contributed by atoms with E-state index in [2.05, 4.69) is 5.32 Å². The van der Waals surface area contributed by atoms with Crippen LogP contribution in [0.25, 0.3) is 0 Å². The van der Waals surface area contributed by atoms with Gasteiger partial charge in [0.1, 0.15) is 17.3 Å². The number of carbonyl (C=O) groups is 1. The molecule has 0 bridgehead atoms. The van der Waals surface area contributed by atoms with Gasteiger partial charge in [-0.15, -0.1) is 0 Å². The average Bonchev–Trinajstić information content (AvgIpc) is 2.90. The lowest BCUT2D eigenvalue weighted by atomic mass is 10.1. The molecular weight excluding hydrogens is 274 g/mol. The Labute approximate surface area is 121 Å². The number of nitrogens with zero attached hydrogens (tertiary/aromatic N) is 1. The zero-order chi connectivity index (χ0) is 15.0. The van der Waals surface area contributed by atoms with E-state index in [0.29, 0.717) is 13.1 Å². The fourth-order valence-corrected chi connectivity index (χ4v) is 2.59. The average molecular weight is 288 g/mol. The zero-order valence-electron chi connectivity index (χ0n) is 11.5. The van der Waals surface area contributed by atoms with E-state index in [1.807, 2.05) is 24.3 Å². The highest BCUT2D eigenvalue weighted by Gasteiger charge is 2.25. The molecule has 1 aliphatic heterocycles. The van der Waals surface area contributed by atoms with Crippen LogP contribution in [0.15, 0.2) is 36.4 Å². The first kappa shape index (κ1) is 13.5. The van der Waals surface area contributed by atoms with E-state index in [1.54, 1.807) is 4.90 Å². The molecule has 2 aromatic carbocycles. The van der Waals surface area contributed by atoms with Gasteiger partial charge in [0.15, 0.2) is 0 Å². The van der Waals surface area contributed by atoms with Crippen LogP contribution in [-0.4, -0.2) is 17.9 Å². The largest absolute Gasteiger partial charge is 0.383 e. The second kappa shape index (κ2) is 5.16. The normalized spacial score (nSPS) is 13.2. The number of benzene rings is 2. The van der Waals surface area contributed by atoms with Crippen molar-refractivity contribution in [2.24, 2.45) is 0 Å². The first-order valence-electron chi connectivity index (χ1n) is 6.63. The van der Waals surface area contributed by atoms with Crippen LogP contribution in [0, 0.1) is 11.6 Å². The Kier molecular flexibility index (Phi) is 3.33. The smallest absolute Gasteiger partial charge is 0.254 e. The fraction of sp³-hybridized carbons (Fsp3) is 0.188. The lowest BCUT2D eigenvalue weighted by molar-refractivity contribution is 0.0750. The van der Waals surface area contributed by atoms with E-state index in [-0.39, 0.29) is 17.2 Å². The third-order valence-electron chi connectivity index (χ3n) is 3.67. The Morgan fingerprint density at radius 2 is 1.62 bits per heavy atom. The maximum Gasteiger partial charge on any atom is 0.254 e. The molecule has 2 aromatic rings. The topological polar surface area (TPSA) is 32.3 Å². The maximum atomic E-state index is 13.7. The van der Waals surface area contributed by atoms with Crippen molar-refractivity contribution in [3.05, 3.63) is 64.7 Å². The number of halogens is 2. The number of fused-ring (bicyclic) bond motifs is 1. The van der Waals surface area contributed by atoms with Crippen LogP contribution in [0.2, 0.25) is 0 Å². The van der Waals surface area contributed by atoms with Gasteiger partial charge in [-0.25, -0.2) is 8.78 Å². The third-order valence-corrected chi connectivity index (χ3v) is 3.67. The molecular formula is C16H14F2N2O. The molecule has 0 saturated carbocycles. The summed E-state index contributed by atoms with van der Waals surface area (Å²) in [7, 11) is 1.43. The van der Waals surface area contributed by atoms with Crippen LogP contribution in [-0.2, 0) is 13.1 Å². The molecule has 1 heterocycles. The van der Waals surface area contributed by atoms with Gasteiger partial charge in [-0.05, 0) is 23.3 Å². The summed E-state index contributed by atoms with van der Waals surface area (Å²) in [5, 5.41) is 2.44. The summed E-state index contributed by atoms with van der Waals surface area (Å²) in [5.74, 6) is -1.90. The maximum absolute atomic E-state index is 13.7. The van der Waals surface area contributed by atoms with Crippen molar-refractivity contribution < 1.29 is 13.6 Å². The van der Waals surface area contributed by atoms with Crippen LogP contribution < -0.4 is 5.32 Å². The van der Waals surface area contributed by atoms with Gasteiger partial charge in [0.05, 0.1) is 0 Å². The van der Waals surface area contributed by atoms with Crippen LogP contribution in [0.3, 0.4) is 0 Å². The lowest BCUT2D eigenvalue weighted by Gasteiger charge is -2.16. The van der Waals surface area contributed by atoms with Crippen molar-refractivity contribution in [1.29, 1.82) is 0 Å². The molecule has 108 valence electrons. The summed E-state index contributed by atoms with van der Waals surface area (Å²) in [4.78, 5) is 14.0. The summed E-state index contributed by atoms with van der Waals surface area (Å²) >= 11 is 0. The molecule has 21 heavy (non-hydrogen) atoms. The fourth-order valence-electron chi connectivity index (χ4n) is 2.59. The summed E-state index contributed by atoms with van der Waals surface area (Å²) in [6.45, 7) is 0.929. The second-order valence-corrected chi connectivity index (χ2v) is 4.99. The first-order valence-corrected chi connectivity index (χ1v) is 6.63. The highest BCUT2D eigenvalue weighted by molar-refractivity contribution is 5.95. The van der Waals surface area contributed by atoms with Crippen LogP contribution >= 0.6 is 0 Å². The third kappa shape index (κ3) is 2.35. The molecule has 3 rings (SSSR count). The van der Waals surface area contributed by atoms with Gasteiger partial charge in [0, 0.05) is 25.7 Å². The summed E-state index contributed by atoms with van der Waals surface area (Å²) < 4.78 is 27.5. The number of amides is 1. The molecule has 0 aliphatic carbocycles. The van der Waals surface area contributed by atoms with Gasteiger partial charge in [-0.2, -0.15) is 0 Å². The number of rotatable bonds is 2. The molecule has 0 fully saturated rings. The highest BCUT2D eigenvalue weighted by atomic mass is 19.1. The minimum atomic E-state index is -0.766. The summed E-state index contributed by atoms with van der Waals surface area (Å²) in [5.41, 5.74) is 1.94. The molecule has 1 amide bonds. The highest BCUT2D eigenvalue weighted by Crippen LogP contribution is 2.26. The van der Waals surface area contributed by atoms with E-state index >= 15 is 0 Å². The number of hydrogen-bond donors (Lipinski definition) is 1. The Morgan fingerprint density at radius 1 is 1.10 bits per heavy atom. The molecule has 0 radical (unpaired) electrons. The number of nitrogens with one attached hydrogen (secondary N) is 1. The Hall–Kier alpha value is -2.43. The summed E-state index contributed by atoms with van der Waals surface area (Å²) in [6, 6.07) is 9.87. The molecule has 0 aromatic heterocycles. The van der Waals surface area contributed by atoms with Crippen LogP contribution in [0.1, 0.15) is 21.5 Å². The lowest BCUT2D eigenvalue weighted by Crippen LogP contribution is -2.25. The molecule has 1 N–H and O–H groups in total. The van der Waals surface area contributed by atoms with Crippen LogP contribution in [0.4, 0.5) is 14.5 Å². The van der Waals surface area contributed by atoms with E-state index < -0.39 is 11.6 Å². The molecule has 0 spiro atoms. The Morgan fingerprint density at radius 3 is 2.10 bits per heavy atom. The number of anilines is 1. The van der Waals surface area contributed by atoms with Crippen molar-refractivity contribution in [2.45, 2.75) is 13.1 Å². The van der Waals surface area contributed by atoms with Gasteiger partial charge in [0.25, 0.3) is 5.91 Å². The van der Waals surface area contributed by atoms with Gasteiger partial charge < -0.3 is 10.2 Å². The second-order valence-electron chi connectivity index (χ2n) is 4.99. The van der Waals surface area contributed by atoms with E-state index in [0.717, 1.165) is 23.3 Å². The molecule has 5 heteroatoms. The Bertz CT molecular complexity index is 667. The first-order chi connectivity index (χ1) is 10.1.